The van der Waals surface area contributed by atoms with Gasteiger partial charge in [-0.1, -0.05) is 67.4 Å². The van der Waals surface area contributed by atoms with Crippen LogP contribution >= 0.6 is 12.1 Å². The number of hydrogen-bond donors (Lipinski definition) is 4. The molecular formula is C33H59N7O5S. The van der Waals surface area contributed by atoms with Crippen molar-refractivity contribution >= 4 is 41.7 Å². The van der Waals surface area contributed by atoms with Gasteiger partial charge in [0.05, 0.1) is 6.04 Å². The van der Waals surface area contributed by atoms with Gasteiger partial charge in [-0.05, 0) is 50.0 Å². The molecule has 0 aromatic carbocycles. The monoisotopic (exact) mass is 665 g/mol. The van der Waals surface area contributed by atoms with E-state index in [1.54, 1.807) is 12.1 Å². The second-order valence-corrected chi connectivity index (χ2v) is 15.9. The minimum absolute atomic E-state index is 0.141. The summed E-state index contributed by atoms with van der Waals surface area (Å²) in [5.41, 5.74) is -0.900. The van der Waals surface area contributed by atoms with Crippen molar-refractivity contribution in [1.29, 1.82) is 0 Å². The van der Waals surface area contributed by atoms with Gasteiger partial charge in [0.25, 0.3) is 5.91 Å². The Morgan fingerprint density at radius 1 is 0.935 bits per heavy atom. The predicted octanol–water partition coefficient (Wildman–Crippen LogP) is 3.24. The average Bonchev–Trinajstić information content (AvgIpc) is 3.47. The maximum Gasteiger partial charge on any atom is 0.315 e. The Kier molecular flexibility index (Phi) is 15.5. The molecule has 262 valence electrons. The maximum atomic E-state index is 14.0. The minimum atomic E-state index is -0.997. The van der Waals surface area contributed by atoms with Crippen LogP contribution in [-0.2, 0) is 19.2 Å². The lowest BCUT2D eigenvalue weighted by Crippen LogP contribution is -2.61. The zero-order valence-corrected chi connectivity index (χ0v) is 30.2. The van der Waals surface area contributed by atoms with Crippen molar-refractivity contribution in [1.82, 2.24) is 34.8 Å². The Labute approximate surface area is 280 Å². The van der Waals surface area contributed by atoms with E-state index in [0.717, 1.165) is 13.1 Å². The lowest BCUT2D eigenvalue weighted by molar-refractivity contribution is -0.143. The van der Waals surface area contributed by atoms with E-state index < -0.39 is 47.2 Å². The maximum absolute atomic E-state index is 14.0. The zero-order valence-electron chi connectivity index (χ0n) is 29.4. The number of likely N-dealkylation sites (N-methyl/N-ethyl adjacent to an activating group) is 1. The Hall–Kier alpha value is -2.64. The molecule has 4 unspecified atom stereocenters. The molecule has 5 amide bonds. The van der Waals surface area contributed by atoms with Crippen LogP contribution in [0.25, 0.3) is 0 Å². The molecule has 12 nitrogen and oxygen atoms in total. The van der Waals surface area contributed by atoms with Crippen LogP contribution < -0.4 is 21.3 Å². The quantitative estimate of drug-likeness (QED) is 0.119. The molecule has 46 heavy (non-hydrogen) atoms. The standard InChI is InChI=1S/C33H59N7O5S/c1-10-16-23(26(41)29(43)34-18-11-2)35-28(42)24-17-15-21-40(24)30(44)27(33(6,7)8)37-31(45)36-25(32(3,4)5)22-38(9)46-39-19-13-12-14-20-39/h11,23-25,27H,2,10,12-22H2,1,3-9H3,(H,34,43)(H,35,42)(H2,36,37,45). The average molecular weight is 666 g/mol. The first-order valence-electron chi connectivity index (χ1n) is 16.7. The topological polar surface area (TPSA) is 143 Å². The van der Waals surface area contributed by atoms with Gasteiger partial charge in [-0.2, -0.15) is 0 Å². The third-order valence-electron chi connectivity index (χ3n) is 8.43. The van der Waals surface area contributed by atoms with E-state index in [1.807, 2.05) is 34.7 Å². The number of amides is 5. The van der Waals surface area contributed by atoms with E-state index in [-0.39, 0.29) is 23.9 Å². The molecule has 2 heterocycles. The highest BCUT2D eigenvalue weighted by Gasteiger charge is 2.43. The van der Waals surface area contributed by atoms with Crippen molar-refractivity contribution in [3.05, 3.63) is 12.7 Å². The van der Waals surface area contributed by atoms with Gasteiger partial charge < -0.3 is 26.2 Å². The fourth-order valence-corrected chi connectivity index (χ4v) is 6.69. The molecule has 2 aliphatic heterocycles. The third-order valence-corrected chi connectivity index (χ3v) is 9.45. The molecule has 0 aliphatic carbocycles. The van der Waals surface area contributed by atoms with E-state index in [4.69, 9.17) is 0 Å². The predicted molar refractivity (Wildman–Crippen MR) is 184 cm³/mol. The van der Waals surface area contributed by atoms with Crippen LogP contribution in [0.2, 0.25) is 0 Å². The lowest BCUT2D eigenvalue weighted by atomic mass is 9.85. The summed E-state index contributed by atoms with van der Waals surface area (Å²) in [5.74, 6) is -2.35. The Balaban J connectivity index is 2.13. The zero-order chi connectivity index (χ0) is 34.7. The number of nitrogens with one attached hydrogen (secondary N) is 4. The van der Waals surface area contributed by atoms with Crippen LogP contribution in [0.3, 0.4) is 0 Å². The van der Waals surface area contributed by atoms with E-state index in [9.17, 15) is 24.0 Å². The van der Waals surface area contributed by atoms with Crippen LogP contribution in [0.15, 0.2) is 12.7 Å². The number of carbonyl (C=O) groups excluding carboxylic acids is 5. The second kappa shape index (κ2) is 18.1. The highest BCUT2D eigenvalue weighted by Crippen LogP contribution is 2.28. The van der Waals surface area contributed by atoms with E-state index in [2.05, 4.69) is 57.2 Å². The van der Waals surface area contributed by atoms with Crippen molar-refractivity contribution in [2.75, 3.05) is 39.8 Å². The van der Waals surface area contributed by atoms with Crippen molar-refractivity contribution in [2.45, 2.75) is 118 Å². The first-order valence-corrected chi connectivity index (χ1v) is 17.5. The van der Waals surface area contributed by atoms with Crippen molar-refractivity contribution in [3.63, 3.8) is 0 Å². The molecule has 0 aromatic rings. The summed E-state index contributed by atoms with van der Waals surface area (Å²) in [6.45, 7) is 20.5. The van der Waals surface area contributed by atoms with Gasteiger partial charge in [-0.25, -0.2) is 13.4 Å². The minimum Gasteiger partial charge on any atom is -0.346 e. The van der Waals surface area contributed by atoms with E-state index in [0.29, 0.717) is 38.8 Å². The summed E-state index contributed by atoms with van der Waals surface area (Å²) >= 11 is 1.70. The van der Waals surface area contributed by atoms with Crippen LogP contribution in [0.1, 0.15) is 93.4 Å². The van der Waals surface area contributed by atoms with Crippen LogP contribution in [-0.4, -0.2) is 107 Å². The van der Waals surface area contributed by atoms with Crippen molar-refractivity contribution < 1.29 is 24.0 Å². The van der Waals surface area contributed by atoms with E-state index >= 15 is 0 Å². The van der Waals surface area contributed by atoms with Gasteiger partial charge in [0, 0.05) is 50.9 Å². The molecule has 2 aliphatic rings. The number of Topliss-reactive ketones (excluding diaryl/α,β-unsaturated/α-hetero) is 1. The van der Waals surface area contributed by atoms with E-state index in [1.165, 1.54) is 30.2 Å². The van der Waals surface area contributed by atoms with Gasteiger partial charge in [0.2, 0.25) is 17.6 Å². The van der Waals surface area contributed by atoms with Gasteiger partial charge in [0.1, 0.15) is 12.1 Å². The molecule has 0 spiro atoms. The number of likely N-dealkylation sites (tertiary alicyclic amines) is 1. The van der Waals surface area contributed by atoms with Gasteiger partial charge in [0.15, 0.2) is 0 Å². The Bertz CT molecular complexity index is 1070. The molecule has 2 saturated heterocycles. The smallest absolute Gasteiger partial charge is 0.315 e. The summed E-state index contributed by atoms with van der Waals surface area (Å²) in [5, 5.41) is 11.3. The molecule has 0 bridgehead atoms. The number of hydrogen-bond acceptors (Lipinski definition) is 8. The first-order chi connectivity index (χ1) is 21.5. The number of urea groups is 1. The molecule has 0 aromatic heterocycles. The van der Waals surface area contributed by atoms with Crippen LogP contribution in [0.4, 0.5) is 4.79 Å². The number of nitrogens with zero attached hydrogens (tertiary/aromatic N) is 3. The largest absolute Gasteiger partial charge is 0.346 e. The van der Waals surface area contributed by atoms with Crippen LogP contribution in [0, 0.1) is 10.8 Å². The molecular weight excluding hydrogens is 606 g/mol. The fourth-order valence-electron chi connectivity index (χ4n) is 5.65. The van der Waals surface area contributed by atoms with Crippen LogP contribution in [0.5, 0.6) is 0 Å². The molecule has 2 fully saturated rings. The van der Waals surface area contributed by atoms with Gasteiger partial charge in [-0.3, -0.25) is 19.2 Å². The SMILES string of the molecule is C=CCNC(=O)C(=O)C(CCC)NC(=O)C1CCCN1C(=O)C(NC(=O)NC(CN(C)SN1CCCCC1)C(C)(C)C)C(C)(C)C. The normalized spacial score (nSPS) is 19.6. The second-order valence-electron chi connectivity index (χ2n) is 14.6. The Morgan fingerprint density at radius 2 is 1.59 bits per heavy atom. The number of piperidine rings is 1. The van der Waals surface area contributed by atoms with Gasteiger partial charge >= 0.3 is 6.03 Å². The highest BCUT2D eigenvalue weighted by atomic mass is 32.2. The molecule has 4 N–H and O–H groups in total. The van der Waals surface area contributed by atoms with Crippen molar-refractivity contribution in [3.8, 4) is 0 Å². The number of rotatable bonds is 15. The summed E-state index contributed by atoms with van der Waals surface area (Å²) in [7, 11) is 2.03. The lowest BCUT2D eigenvalue weighted by Gasteiger charge is -2.38. The molecule has 0 radical (unpaired) electrons. The molecule has 2 rings (SSSR count). The first kappa shape index (κ1) is 39.5. The number of carbonyl (C=O) groups is 5. The molecule has 4 atom stereocenters. The summed E-state index contributed by atoms with van der Waals surface area (Å²) in [6, 6.07) is -3.35. The highest BCUT2D eigenvalue weighted by molar-refractivity contribution is 7.94. The van der Waals surface area contributed by atoms with Gasteiger partial charge in [-0.15, -0.1) is 6.58 Å². The summed E-state index contributed by atoms with van der Waals surface area (Å²) in [6.07, 6.45) is 7.00. The molecule has 13 heteroatoms. The Morgan fingerprint density at radius 3 is 2.15 bits per heavy atom. The summed E-state index contributed by atoms with van der Waals surface area (Å²) in [4.78, 5) is 67.6. The third kappa shape index (κ3) is 12.2. The molecule has 0 saturated carbocycles. The van der Waals surface area contributed by atoms with Crippen molar-refractivity contribution in [2.24, 2.45) is 10.8 Å². The number of ketones is 1. The fraction of sp³-hybridized carbons (Fsp3) is 0.788. The summed E-state index contributed by atoms with van der Waals surface area (Å²) < 4.78 is 4.51.